The van der Waals surface area contributed by atoms with E-state index in [1.807, 2.05) is 72.8 Å². The number of hydrogen-bond donors (Lipinski definition) is 2. The summed E-state index contributed by atoms with van der Waals surface area (Å²) in [5, 5.41) is 13.1. The van der Waals surface area contributed by atoms with Crippen molar-refractivity contribution in [2.75, 3.05) is 11.9 Å². The molecule has 0 spiro atoms. The molecule has 1 aliphatic rings. The number of nitrogens with one attached hydrogen (secondary N) is 1. The van der Waals surface area contributed by atoms with E-state index in [9.17, 15) is 14.7 Å². The third kappa shape index (κ3) is 6.48. The van der Waals surface area contributed by atoms with Crippen LogP contribution in [-0.4, -0.2) is 55.8 Å². The number of anilines is 1. The maximum atomic E-state index is 13.6. The number of carbonyl (C=O) groups is 2. The van der Waals surface area contributed by atoms with E-state index in [2.05, 4.69) is 27.3 Å². The Morgan fingerprint density at radius 3 is 2.44 bits per heavy atom. The van der Waals surface area contributed by atoms with Crippen molar-refractivity contribution in [1.82, 2.24) is 14.5 Å². The Morgan fingerprint density at radius 1 is 1.00 bits per heavy atom. The summed E-state index contributed by atoms with van der Waals surface area (Å²) >= 11 is 0. The number of rotatable bonds is 10. The van der Waals surface area contributed by atoms with Crippen LogP contribution in [0, 0.1) is 0 Å². The highest BCUT2D eigenvalue weighted by Gasteiger charge is 2.31. The Morgan fingerprint density at radius 2 is 1.72 bits per heavy atom. The molecule has 1 aliphatic heterocycles. The molecule has 3 aromatic carbocycles. The molecule has 1 saturated heterocycles. The molecule has 1 aromatic heterocycles. The first-order valence-electron chi connectivity index (χ1n) is 13.1. The fraction of sp³-hybridized carbons (Fsp3) is 0.226. The SMILES string of the molecule is O=C(O)[C@H](Cn1ccnc1)N=C(c1ccccc1)c1ccccc1NC(=O)[C@@H]1CCCN1Cc1ccccc1. The van der Waals surface area contributed by atoms with Crippen LogP contribution in [-0.2, 0) is 22.7 Å². The van der Waals surface area contributed by atoms with E-state index in [1.165, 1.54) is 5.56 Å². The number of aliphatic carboxylic acids is 1. The third-order valence-corrected chi connectivity index (χ3v) is 6.90. The summed E-state index contributed by atoms with van der Waals surface area (Å²) in [5.74, 6) is -1.11. The number of para-hydroxylation sites is 1. The molecule has 4 aromatic rings. The van der Waals surface area contributed by atoms with E-state index >= 15 is 0 Å². The summed E-state index contributed by atoms with van der Waals surface area (Å²) in [6.45, 7) is 1.71. The van der Waals surface area contributed by atoms with Crippen LogP contribution in [0.25, 0.3) is 0 Å². The molecular weight excluding hydrogens is 490 g/mol. The van der Waals surface area contributed by atoms with Crippen molar-refractivity contribution in [1.29, 1.82) is 0 Å². The van der Waals surface area contributed by atoms with E-state index in [1.54, 1.807) is 23.3 Å². The van der Waals surface area contributed by atoms with Crippen molar-refractivity contribution in [3.63, 3.8) is 0 Å². The van der Waals surface area contributed by atoms with Gasteiger partial charge < -0.3 is 15.0 Å². The van der Waals surface area contributed by atoms with Crippen molar-refractivity contribution < 1.29 is 14.7 Å². The predicted octanol–water partition coefficient (Wildman–Crippen LogP) is 4.48. The first-order valence-corrected chi connectivity index (χ1v) is 13.1. The Bertz CT molecular complexity index is 1420. The third-order valence-electron chi connectivity index (χ3n) is 6.90. The van der Waals surface area contributed by atoms with Gasteiger partial charge in [0.2, 0.25) is 5.91 Å². The van der Waals surface area contributed by atoms with Gasteiger partial charge in [0.15, 0.2) is 6.04 Å². The average Bonchev–Trinajstić information content (AvgIpc) is 3.65. The van der Waals surface area contributed by atoms with Gasteiger partial charge >= 0.3 is 5.97 Å². The van der Waals surface area contributed by atoms with Gasteiger partial charge in [0, 0.05) is 30.1 Å². The summed E-state index contributed by atoms with van der Waals surface area (Å²) in [5.41, 5.74) is 3.72. The van der Waals surface area contributed by atoms with Gasteiger partial charge in [-0.3, -0.25) is 14.7 Å². The van der Waals surface area contributed by atoms with Crippen LogP contribution in [0.1, 0.15) is 29.5 Å². The van der Waals surface area contributed by atoms with Crippen molar-refractivity contribution in [2.45, 2.75) is 38.0 Å². The minimum Gasteiger partial charge on any atom is -0.480 e. The van der Waals surface area contributed by atoms with Gasteiger partial charge in [-0.2, -0.15) is 0 Å². The number of nitrogens with zero attached hydrogens (tertiary/aromatic N) is 4. The molecule has 8 heteroatoms. The number of benzene rings is 3. The highest BCUT2D eigenvalue weighted by atomic mass is 16.4. The van der Waals surface area contributed by atoms with Gasteiger partial charge in [-0.1, -0.05) is 78.9 Å². The van der Waals surface area contributed by atoms with Crippen LogP contribution in [0.5, 0.6) is 0 Å². The number of likely N-dealkylation sites (tertiary alicyclic amines) is 1. The number of carboxylic acids is 1. The number of amides is 1. The number of imidazole rings is 1. The van der Waals surface area contributed by atoms with Crippen LogP contribution in [0.2, 0.25) is 0 Å². The highest BCUT2D eigenvalue weighted by Crippen LogP contribution is 2.25. The first-order chi connectivity index (χ1) is 19.1. The van der Waals surface area contributed by atoms with E-state index in [0.717, 1.165) is 24.9 Å². The molecule has 1 fully saturated rings. The predicted molar refractivity (Wildman–Crippen MR) is 151 cm³/mol. The second kappa shape index (κ2) is 12.3. The van der Waals surface area contributed by atoms with Gasteiger partial charge in [0.1, 0.15) is 0 Å². The summed E-state index contributed by atoms with van der Waals surface area (Å²) in [4.78, 5) is 36.8. The lowest BCUT2D eigenvalue weighted by molar-refractivity contribution is -0.138. The quantitative estimate of drug-likeness (QED) is 0.300. The van der Waals surface area contributed by atoms with Crippen LogP contribution < -0.4 is 5.32 Å². The van der Waals surface area contributed by atoms with Gasteiger partial charge in [0.05, 0.1) is 30.3 Å². The fourth-order valence-corrected chi connectivity index (χ4v) is 4.96. The van der Waals surface area contributed by atoms with Gasteiger partial charge in [-0.05, 0) is 31.0 Å². The maximum absolute atomic E-state index is 13.6. The minimum absolute atomic E-state index is 0.0727. The number of aliphatic imine (C=N–C) groups is 1. The molecule has 1 amide bonds. The van der Waals surface area contributed by atoms with E-state index in [-0.39, 0.29) is 18.5 Å². The lowest BCUT2D eigenvalue weighted by atomic mass is 9.99. The van der Waals surface area contributed by atoms with Gasteiger partial charge in [-0.25, -0.2) is 9.78 Å². The summed E-state index contributed by atoms with van der Waals surface area (Å²) in [6.07, 6.45) is 6.63. The molecule has 198 valence electrons. The molecule has 2 heterocycles. The molecular formula is C31H31N5O3. The lowest BCUT2D eigenvalue weighted by Crippen LogP contribution is -2.39. The van der Waals surface area contributed by atoms with Crippen molar-refractivity contribution in [3.05, 3.63) is 120 Å². The molecule has 0 bridgehead atoms. The maximum Gasteiger partial charge on any atom is 0.330 e. The molecule has 0 saturated carbocycles. The van der Waals surface area contributed by atoms with Crippen LogP contribution in [0.4, 0.5) is 5.69 Å². The summed E-state index contributed by atoms with van der Waals surface area (Å²) < 4.78 is 1.69. The largest absolute Gasteiger partial charge is 0.480 e. The standard InChI is InChI=1S/C31H31N5O3/c37-30(28-16-9-18-36(28)20-23-10-3-1-4-11-23)34-26-15-8-7-14-25(26)29(24-12-5-2-6-13-24)33-27(31(38)39)21-35-19-17-32-22-35/h1-8,10-15,17,19,22,27-28H,9,16,18,20-21H2,(H,34,37)(H,38,39)/t27-,28-/m0/s1. The molecule has 2 atom stereocenters. The molecule has 5 rings (SSSR count). The number of aromatic nitrogens is 2. The lowest BCUT2D eigenvalue weighted by Gasteiger charge is -2.24. The fourth-order valence-electron chi connectivity index (χ4n) is 4.96. The zero-order valence-corrected chi connectivity index (χ0v) is 21.6. The van der Waals surface area contributed by atoms with E-state index in [4.69, 9.17) is 4.99 Å². The van der Waals surface area contributed by atoms with E-state index < -0.39 is 12.0 Å². The first kappa shape index (κ1) is 26.1. The molecule has 0 aliphatic carbocycles. The van der Waals surface area contributed by atoms with Crippen molar-refractivity contribution in [2.24, 2.45) is 4.99 Å². The topological polar surface area (TPSA) is 99.8 Å². The van der Waals surface area contributed by atoms with E-state index in [0.29, 0.717) is 23.5 Å². The average molecular weight is 522 g/mol. The van der Waals surface area contributed by atoms with Gasteiger partial charge in [-0.15, -0.1) is 0 Å². The van der Waals surface area contributed by atoms with Crippen molar-refractivity contribution >= 4 is 23.3 Å². The number of carboxylic acid groups (broad SMARTS) is 1. The minimum atomic E-state index is -1.05. The van der Waals surface area contributed by atoms with Gasteiger partial charge in [0.25, 0.3) is 0 Å². The highest BCUT2D eigenvalue weighted by molar-refractivity contribution is 6.17. The second-order valence-electron chi connectivity index (χ2n) is 9.61. The Labute approximate surface area is 227 Å². The zero-order valence-electron chi connectivity index (χ0n) is 21.6. The monoisotopic (exact) mass is 521 g/mol. The molecule has 0 unspecified atom stereocenters. The molecule has 0 radical (unpaired) electrons. The smallest absolute Gasteiger partial charge is 0.330 e. The molecule has 39 heavy (non-hydrogen) atoms. The number of hydrogen-bond acceptors (Lipinski definition) is 5. The normalized spacial score (nSPS) is 16.6. The molecule has 8 nitrogen and oxygen atoms in total. The van der Waals surface area contributed by atoms with Crippen molar-refractivity contribution in [3.8, 4) is 0 Å². The zero-order chi connectivity index (χ0) is 27.0. The van der Waals surface area contributed by atoms with Crippen LogP contribution in [0.3, 0.4) is 0 Å². The summed E-state index contributed by atoms with van der Waals surface area (Å²) in [6, 6.07) is 25.8. The Balaban J connectivity index is 1.45. The second-order valence-corrected chi connectivity index (χ2v) is 9.61. The Kier molecular flexibility index (Phi) is 8.23. The van der Waals surface area contributed by atoms with Crippen LogP contribution >= 0.6 is 0 Å². The Hall–Kier alpha value is -4.56. The number of carbonyl (C=O) groups excluding carboxylic acids is 1. The summed E-state index contributed by atoms with van der Waals surface area (Å²) in [7, 11) is 0. The molecule has 2 N–H and O–H groups in total. The van der Waals surface area contributed by atoms with Crippen LogP contribution in [0.15, 0.2) is 109 Å².